The molecular formula is C5H8F2O2. The Balaban J connectivity index is 2.75. The largest absolute Gasteiger partial charge is 0.315 e. The van der Waals surface area contributed by atoms with Gasteiger partial charge >= 0.3 is 0 Å². The van der Waals surface area contributed by atoms with Crippen molar-refractivity contribution in [3.05, 3.63) is 0 Å². The highest BCUT2D eigenvalue weighted by Gasteiger charge is 2.53. The summed E-state index contributed by atoms with van der Waals surface area (Å²) < 4.78 is 33.9. The molecule has 0 N–H and O–H groups in total. The van der Waals surface area contributed by atoms with Crippen LogP contribution in [0.15, 0.2) is 0 Å². The molecule has 1 heterocycles. The molecule has 2 nitrogen and oxygen atoms in total. The van der Waals surface area contributed by atoms with Crippen LogP contribution >= 0.6 is 0 Å². The van der Waals surface area contributed by atoms with Crippen LogP contribution in [0.4, 0.5) is 8.78 Å². The minimum atomic E-state index is -2.30. The average Bonchev–Trinajstić information content (AvgIpc) is 1.81. The lowest BCUT2D eigenvalue weighted by atomic mass is 10.2. The standard InChI is InChI=1S/C5H8F2O2/c1-4(6)5(2,7)9-3-8-4/h3H2,1-2H3. The first kappa shape index (κ1) is 6.89. The van der Waals surface area contributed by atoms with Gasteiger partial charge in [0, 0.05) is 13.8 Å². The molecule has 0 saturated carbocycles. The Bertz CT molecular complexity index is 108. The van der Waals surface area contributed by atoms with Crippen molar-refractivity contribution >= 4 is 0 Å². The second-order valence-electron chi connectivity index (χ2n) is 2.24. The molecule has 2 atom stereocenters. The van der Waals surface area contributed by atoms with Gasteiger partial charge in [0.05, 0.1) is 0 Å². The molecule has 9 heavy (non-hydrogen) atoms. The van der Waals surface area contributed by atoms with E-state index in [4.69, 9.17) is 0 Å². The third-order valence-electron chi connectivity index (χ3n) is 1.46. The van der Waals surface area contributed by atoms with Crippen LogP contribution in [0.25, 0.3) is 0 Å². The van der Waals surface area contributed by atoms with Crippen LogP contribution in [-0.4, -0.2) is 18.5 Å². The van der Waals surface area contributed by atoms with Gasteiger partial charge in [-0.05, 0) is 0 Å². The molecule has 0 radical (unpaired) electrons. The first-order valence-electron chi connectivity index (χ1n) is 2.61. The van der Waals surface area contributed by atoms with Crippen LogP contribution in [0.3, 0.4) is 0 Å². The quantitative estimate of drug-likeness (QED) is 0.503. The van der Waals surface area contributed by atoms with Gasteiger partial charge in [-0.3, -0.25) is 0 Å². The molecule has 0 aromatic heterocycles. The lowest BCUT2D eigenvalue weighted by Crippen LogP contribution is -2.39. The Morgan fingerprint density at radius 3 is 1.56 bits per heavy atom. The van der Waals surface area contributed by atoms with E-state index in [0.29, 0.717) is 0 Å². The number of ether oxygens (including phenoxy) is 2. The summed E-state index contributed by atoms with van der Waals surface area (Å²) in [5.41, 5.74) is 0. The highest BCUT2D eigenvalue weighted by atomic mass is 19.2. The fourth-order valence-electron chi connectivity index (χ4n) is 0.509. The molecule has 4 heteroatoms. The van der Waals surface area contributed by atoms with E-state index in [9.17, 15) is 8.78 Å². The number of halogens is 2. The molecule has 0 aliphatic carbocycles. The lowest BCUT2D eigenvalue weighted by molar-refractivity contribution is -0.191. The summed E-state index contributed by atoms with van der Waals surface area (Å²) >= 11 is 0. The molecule has 54 valence electrons. The summed E-state index contributed by atoms with van der Waals surface area (Å²) in [6, 6.07) is 0. The third kappa shape index (κ3) is 0.923. The van der Waals surface area contributed by atoms with Gasteiger partial charge < -0.3 is 9.47 Å². The van der Waals surface area contributed by atoms with Crippen LogP contribution in [0, 0.1) is 0 Å². The van der Waals surface area contributed by atoms with E-state index in [1.165, 1.54) is 0 Å². The van der Waals surface area contributed by atoms with E-state index < -0.39 is 11.7 Å². The maximum absolute atomic E-state index is 12.7. The molecule has 0 aromatic rings. The van der Waals surface area contributed by atoms with E-state index in [1.54, 1.807) is 0 Å². The Morgan fingerprint density at radius 2 is 1.44 bits per heavy atom. The van der Waals surface area contributed by atoms with Crippen molar-refractivity contribution in [3.8, 4) is 0 Å². The number of hydrogen-bond acceptors (Lipinski definition) is 2. The topological polar surface area (TPSA) is 18.5 Å². The molecule has 0 spiro atoms. The van der Waals surface area contributed by atoms with Crippen molar-refractivity contribution in [1.29, 1.82) is 0 Å². The maximum Gasteiger partial charge on any atom is 0.267 e. The van der Waals surface area contributed by atoms with Gasteiger partial charge in [0.1, 0.15) is 0 Å². The summed E-state index contributed by atoms with van der Waals surface area (Å²) in [4.78, 5) is 0. The van der Waals surface area contributed by atoms with Gasteiger partial charge in [0.25, 0.3) is 11.7 Å². The molecular weight excluding hydrogens is 130 g/mol. The van der Waals surface area contributed by atoms with Crippen molar-refractivity contribution in [1.82, 2.24) is 0 Å². The van der Waals surface area contributed by atoms with E-state index in [1.807, 2.05) is 0 Å². The molecule has 1 aliphatic heterocycles. The number of rotatable bonds is 0. The van der Waals surface area contributed by atoms with Gasteiger partial charge in [-0.1, -0.05) is 0 Å². The molecule has 0 bridgehead atoms. The fourth-order valence-corrected chi connectivity index (χ4v) is 0.509. The Morgan fingerprint density at radius 1 is 1.11 bits per heavy atom. The first-order chi connectivity index (χ1) is 3.96. The number of hydrogen-bond donors (Lipinski definition) is 0. The van der Waals surface area contributed by atoms with E-state index >= 15 is 0 Å². The third-order valence-corrected chi connectivity index (χ3v) is 1.46. The van der Waals surface area contributed by atoms with E-state index in [0.717, 1.165) is 13.8 Å². The second kappa shape index (κ2) is 1.64. The van der Waals surface area contributed by atoms with Crippen LogP contribution in [0.1, 0.15) is 13.8 Å². The smallest absolute Gasteiger partial charge is 0.267 e. The zero-order chi connectivity index (χ0) is 7.12. The van der Waals surface area contributed by atoms with E-state index in [-0.39, 0.29) is 6.79 Å². The minimum absolute atomic E-state index is 0.319. The fraction of sp³-hybridized carbons (Fsp3) is 1.00. The van der Waals surface area contributed by atoms with E-state index in [2.05, 4.69) is 9.47 Å². The summed E-state index contributed by atoms with van der Waals surface area (Å²) in [5.74, 6) is -4.60. The van der Waals surface area contributed by atoms with Gasteiger partial charge in [0.2, 0.25) is 0 Å². The molecule has 0 amide bonds. The molecule has 2 unspecified atom stereocenters. The van der Waals surface area contributed by atoms with Crippen LogP contribution < -0.4 is 0 Å². The second-order valence-corrected chi connectivity index (χ2v) is 2.24. The summed E-state index contributed by atoms with van der Waals surface area (Å²) in [6.45, 7) is 1.68. The van der Waals surface area contributed by atoms with Crippen molar-refractivity contribution in [2.45, 2.75) is 25.6 Å². The monoisotopic (exact) mass is 138 g/mol. The van der Waals surface area contributed by atoms with Crippen LogP contribution in [0.2, 0.25) is 0 Å². The van der Waals surface area contributed by atoms with Gasteiger partial charge in [-0.25, -0.2) is 8.78 Å². The van der Waals surface area contributed by atoms with Crippen LogP contribution in [-0.2, 0) is 9.47 Å². The molecule has 1 fully saturated rings. The molecule has 1 rings (SSSR count). The predicted molar refractivity (Wildman–Crippen MR) is 26.1 cm³/mol. The predicted octanol–water partition coefficient (Wildman–Crippen LogP) is 1.36. The highest BCUT2D eigenvalue weighted by molar-refractivity contribution is 4.81. The maximum atomic E-state index is 12.7. The summed E-state index contributed by atoms with van der Waals surface area (Å²) in [7, 11) is 0. The number of alkyl halides is 2. The molecule has 1 aliphatic rings. The van der Waals surface area contributed by atoms with Crippen molar-refractivity contribution in [2.24, 2.45) is 0 Å². The van der Waals surface area contributed by atoms with Gasteiger partial charge in [0.15, 0.2) is 6.79 Å². The normalized spacial score (nSPS) is 52.0. The summed E-state index contributed by atoms with van der Waals surface area (Å²) in [6.07, 6.45) is 0. The molecule has 1 saturated heterocycles. The first-order valence-corrected chi connectivity index (χ1v) is 2.61. The zero-order valence-electron chi connectivity index (χ0n) is 5.28. The van der Waals surface area contributed by atoms with Crippen LogP contribution in [0.5, 0.6) is 0 Å². The Labute approximate surface area is 51.8 Å². The Hall–Kier alpha value is -0.220. The van der Waals surface area contributed by atoms with Gasteiger partial charge in [-0.2, -0.15) is 0 Å². The van der Waals surface area contributed by atoms with Crippen molar-refractivity contribution in [2.75, 3.05) is 6.79 Å². The van der Waals surface area contributed by atoms with Crippen molar-refractivity contribution < 1.29 is 18.3 Å². The Kier molecular flexibility index (Phi) is 1.25. The minimum Gasteiger partial charge on any atom is -0.315 e. The van der Waals surface area contributed by atoms with Gasteiger partial charge in [-0.15, -0.1) is 0 Å². The average molecular weight is 138 g/mol. The van der Waals surface area contributed by atoms with Crippen molar-refractivity contribution in [3.63, 3.8) is 0 Å². The highest BCUT2D eigenvalue weighted by Crippen LogP contribution is 2.37. The SMILES string of the molecule is CC1(F)OCOC1(C)F. The molecule has 0 aromatic carbocycles. The lowest BCUT2D eigenvalue weighted by Gasteiger charge is -2.21. The summed E-state index contributed by atoms with van der Waals surface area (Å²) in [5, 5.41) is 0. The zero-order valence-corrected chi connectivity index (χ0v) is 5.28.